The highest BCUT2D eigenvalue weighted by atomic mass is 16.5. The predicted molar refractivity (Wildman–Crippen MR) is 74.6 cm³/mol. The van der Waals surface area contributed by atoms with Gasteiger partial charge in [0.1, 0.15) is 0 Å². The molecule has 0 aliphatic heterocycles. The van der Waals surface area contributed by atoms with Crippen molar-refractivity contribution in [1.82, 2.24) is 10.2 Å². The van der Waals surface area contributed by atoms with Gasteiger partial charge < -0.3 is 20.7 Å². The Kier molecular flexibility index (Phi) is 10.1. The minimum Gasteiger partial charge on any atom is -0.380 e. The van der Waals surface area contributed by atoms with Crippen LogP contribution in [0.1, 0.15) is 33.1 Å². The van der Waals surface area contributed by atoms with Crippen LogP contribution in [-0.4, -0.2) is 56.1 Å². The van der Waals surface area contributed by atoms with Crippen LogP contribution in [0.4, 0.5) is 0 Å². The van der Waals surface area contributed by atoms with E-state index in [2.05, 4.69) is 5.32 Å². The van der Waals surface area contributed by atoms with E-state index in [-0.39, 0.29) is 24.3 Å². The number of nitrogens with two attached hydrogens (primary N) is 1. The predicted octanol–water partition coefficient (Wildman–Crippen LogP) is 0.115. The second kappa shape index (κ2) is 10.8. The third-order valence-electron chi connectivity index (χ3n) is 3.02. The van der Waals surface area contributed by atoms with Crippen molar-refractivity contribution in [3.63, 3.8) is 0 Å². The van der Waals surface area contributed by atoms with Gasteiger partial charge in [-0.15, -0.1) is 0 Å². The van der Waals surface area contributed by atoms with E-state index < -0.39 is 0 Å². The van der Waals surface area contributed by atoms with Crippen LogP contribution in [0.2, 0.25) is 0 Å². The standard InChI is InChI=1S/C13H27N3O3/c1-4-16(5-2)13(18)7-6-8-15-12(17)9-11(10-14)19-3/h11H,4-10,14H2,1-3H3,(H,15,17). The van der Waals surface area contributed by atoms with Crippen molar-refractivity contribution in [2.45, 2.75) is 39.2 Å². The van der Waals surface area contributed by atoms with E-state index >= 15 is 0 Å². The first kappa shape index (κ1) is 17.9. The number of carbonyl (C=O) groups excluding carboxylic acids is 2. The van der Waals surface area contributed by atoms with Gasteiger partial charge in [0, 0.05) is 39.7 Å². The zero-order valence-corrected chi connectivity index (χ0v) is 12.3. The summed E-state index contributed by atoms with van der Waals surface area (Å²) in [6.45, 7) is 6.21. The zero-order valence-electron chi connectivity index (χ0n) is 12.3. The molecule has 0 aromatic rings. The second-order valence-corrected chi connectivity index (χ2v) is 4.32. The lowest BCUT2D eigenvalue weighted by molar-refractivity contribution is -0.131. The van der Waals surface area contributed by atoms with Crippen LogP contribution in [0.15, 0.2) is 0 Å². The maximum atomic E-state index is 11.7. The highest BCUT2D eigenvalue weighted by Crippen LogP contribution is 1.98. The fourth-order valence-electron chi connectivity index (χ4n) is 1.74. The molecule has 0 rings (SSSR count). The molecule has 3 N–H and O–H groups in total. The first-order valence-electron chi connectivity index (χ1n) is 6.86. The van der Waals surface area contributed by atoms with E-state index in [4.69, 9.17) is 10.5 Å². The number of amides is 2. The molecule has 6 nitrogen and oxygen atoms in total. The Morgan fingerprint density at radius 1 is 1.32 bits per heavy atom. The average molecular weight is 273 g/mol. The number of carbonyl (C=O) groups is 2. The van der Waals surface area contributed by atoms with E-state index in [1.54, 1.807) is 4.90 Å². The smallest absolute Gasteiger partial charge is 0.222 e. The van der Waals surface area contributed by atoms with Crippen LogP contribution in [0.3, 0.4) is 0 Å². The number of rotatable bonds is 10. The van der Waals surface area contributed by atoms with Gasteiger partial charge in [-0.2, -0.15) is 0 Å². The largest absolute Gasteiger partial charge is 0.380 e. The fourth-order valence-corrected chi connectivity index (χ4v) is 1.74. The summed E-state index contributed by atoms with van der Waals surface area (Å²) in [5, 5.41) is 2.77. The number of hydrogen-bond acceptors (Lipinski definition) is 4. The minimum atomic E-state index is -0.239. The molecule has 0 heterocycles. The maximum Gasteiger partial charge on any atom is 0.222 e. The van der Waals surface area contributed by atoms with Crippen molar-refractivity contribution in [2.75, 3.05) is 33.3 Å². The van der Waals surface area contributed by atoms with E-state index in [1.165, 1.54) is 7.11 Å². The molecule has 0 spiro atoms. The van der Waals surface area contributed by atoms with Crippen molar-refractivity contribution >= 4 is 11.8 Å². The maximum absolute atomic E-state index is 11.7. The molecule has 1 atom stereocenters. The Bertz CT molecular complexity index is 264. The van der Waals surface area contributed by atoms with E-state index in [9.17, 15) is 9.59 Å². The zero-order chi connectivity index (χ0) is 14.7. The summed E-state index contributed by atoms with van der Waals surface area (Å²) in [4.78, 5) is 25.0. The van der Waals surface area contributed by atoms with Gasteiger partial charge in [0.2, 0.25) is 11.8 Å². The summed E-state index contributed by atoms with van der Waals surface area (Å²) in [5.41, 5.74) is 5.43. The summed E-state index contributed by atoms with van der Waals surface area (Å²) in [6.07, 6.45) is 1.14. The molecule has 112 valence electrons. The molecule has 0 aromatic heterocycles. The number of nitrogens with zero attached hydrogens (tertiary/aromatic N) is 1. The topological polar surface area (TPSA) is 84.7 Å². The highest BCUT2D eigenvalue weighted by molar-refractivity contribution is 5.77. The van der Waals surface area contributed by atoms with Crippen LogP contribution >= 0.6 is 0 Å². The molecule has 0 saturated carbocycles. The second-order valence-electron chi connectivity index (χ2n) is 4.32. The monoisotopic (exact) mass is 273 g/mol. The summed E-state index contributed by atoms with van der Waals surface area (Å²) in [7, 11) is 1.54. The van der Waals surface area contributed by atoms with Crippen LogP contribution in [0, 0.1) is 0 Å². The number of ether oxygens (including phenoxy) is 1. The van der Waals surface area contributed by atoms with Gasteiger partial charge >= 0.3 is 0 Å². The van der Waals surface area contributed by atoms with Crippen molar-refractivity contribution in [3.05, 3.63) is 0 Å². The number of methoxy groups -OCH3 is 1. The summed E-state index contributed by atoms with van der Waals surface area (Å²) < 4.78 is 5.03. The highest BCUT2D eigenvalue weighted by Gasteiger charge is 2.12. The Morgan fingerprint density at radius 3 is 2.42 bits per heavy atom. The first-order valence-corrected chi connectivity index (χ1v) is 6.86. The SMILES string of the molecule is CCN(CC)C(=O)CCCNC(=O)CC(CN)OC. The Balaban J connectivity index is 3.74. The van der Waals surface area contributed by atoms with Crippen molar-refractivity contribution in [3.8, 4) is 0 Å². The van der Waals surface area contributed by atoms with Crippen LogP contribution in [0.25, 0.3) is 0 Å². The fraction of sp³-hybridized carbons (Fsp3) is 0.846. The van der Waals surface area contributed by atoms with Gasteiger partial charge in [0.25, 0.3) is 0 Å². The number of nitrogens with one attached hydrogen (secondary N) is 1. The van der Waals surface area contributed by atoms with E-state index in [1.807, 2.05) is 13.8 Å². The molecule has 0 aromatic carbocycles. The van der Waals surface area contributed by atoms with Crippen molar-refractivity contribution in [2.24, 2.45) is 5.73 Å². The van der Waals surface area contributed by atoms with Crippen molar-refractivity contribution in [1.29, 1.82) is 0 Å². The molecule has 0 aliphatic rings. The lowest BCUT2D eigenvalue weighted by atomic mass is 10.2. The van der Waals surface area contributed by atoms with Crippen LogP contribution in [-0.2, 0) is 14.3 Å². The van der Waals surface area contributed by atoms with Gasteiger partial charge in [-0.05, 0) is 20.3 Å². The third-order valence-corrected chi connectivity index (χ3v) is 3.02. The minimum absolute atomic E-state index is 0.0902. The molecular formula is C13H27N3O3. The Labute approximate surface area is 115 Å². The lowest BCUT2D eigenvalue weighted by Gasteiger charge is -2.18. The molecule has 0 aliphatic carbocycles. The first-order chi connectivity index (χ1) is 9.08. The summed E-state index contributed by atoms with van der Waals surface area (Å²) in [5.74, 6) is 0.0450. The van der Waals surface area contributed by atoms with Gasteiger partial charge in [-0.1, -0.05) is 0 Å². The molecule has 6 heteroatoms. The molecule has 0 saturated heterocycles. The third kappa shape index (κ3) is 7.79. The lowest BCUT2D eigenvalue weighted by Crippen LogP contribution is -2.34. The summed E-state index contributed by atoms with van der Waals surface area (Å²) >= 11 is 0. The Morgan fingerprint density at radius 2 is 1.95 bits per heavy atom. The van der Waals surface area contributed by atoms with Gasteiger partial charge in [-0.3, -0.25) is 9.59 Å². The van der Waals surface area contributed by atoms with E-state index in [0.29, 0.717) is 25.9 Å². The average Bonchev–Trinajstić information content (AvgIpc) is 2.42. The van der Waals surface area contributed by atoms with Gasteiger partial charge in [-0.25, -0.2) is 0 Å². The van der Waals surface area contributed by atoms with Gasteiger partial charge in [0.15, 0.2) is 0 Å². The van der Waals surface area contributed by atoms with Crippen molar-refractivity contribution < 1.29 is 14.3 Å². The van der Waals surface area contributed by atoms with Crippen LogP contribution < -0.4 is 11.1 Å². The van der Waals surface area contributed by atoms with E-state index in [0.717, 1.165) is 13.1 Å². The quantitative estimate of drug-likeness (QED) is 0.554. The van der Waals surface area contributed by atoms with Crippen LogP contribution in [0.5, 0.6) is 0 Å². The number of hydrogen-bond donors (Lipinski definition) is 2. The van der Waals surface area contributed by atoms with Gasteiger partial charge in [0.05, 0.1) is 12.5 Å². The normalized spacial score (nSPS) is 12.0. The molecule has 1 unspecified atom stereocenters. The summed E-state index contributed by atoms with van der Waals surface area (Å²) in [6, 6.07) is 0. The molecular weight excluding hydrogens is 246 g/mol. The molecule has 2 amide bonds. The molecule has 19 heavy (non-hydrogen) atoms. The molecule has 0 fully saturated rings. The Hall–Kier alpha value is -1.14. The molecule has 0 bridgehead atoms. The molecule has 0 radical (unpaired) electrons.